The van der Waals surface area contributed by atoms with Crippen molar-refractivity contribution in [3.63, 3.8) is 0 Å². The molecule has 1 aromatic heterocycles. The molecular weight excluding hydrogens is 378 g/mol. The van der Waals surface area contributed by atoms with Crippen LogP contribution in [0.2, 0.25) is 0 Å². The lowest BCUT2D eigenvalue weighted by atomic mass is 10.2. The lowest BCUT2D eigenvalue weighted by molar-refractivity contribution is 0.478. The fourth-order valence-electron chi connectivity index (χ4n) is 3.43. The van der Waals surface area contributed by atoms with Gasteiger partial charge in [0.25, 0.3) is 0 Å². The molecule has 4 aliphatic rings. The fourth-order valence-corrected chi connectivity index (χ4v) is 3.43. The molecule has 0 saturated heterocycles. The summed E-state index contributed by atoms with van der Waals surface area (Å²) < 4.78 is 5.67. The van der Waals surface area contributed by atoms with E-state index in [1.54, 1.807) is 43.1 Å². The Bertz CT molecular complexity index is 1280. The van der Waals surface area contributed by atoms with Crippen LogP contribution in [0.15, 0.2) is 71.5 Å². The third kappa shape index (κ3) is 3.33. The number of nitrogens with zero attached hydrogens (tertiary/aromatic N) is 7. The number of fused-ring (bicyclic) bond motifs is 3. The Morgan fingerprint density at radius 2 is 2.03 bits per heavy atom. The zero-order valence-corrected chi connectivity index (χ0v) is 16.0. The van der Waals surface area contributed by atoms with Gasteiger partial charge in [-0.1, -0.05) is 0 Å². The van der Waals surface area contributed by atoms with Crippen LogP contribution >= 0.6 is 0 Å². The molecule has 146 valence electrons. The van der Waals surface area contributed by atoms with Crippen molar-refractivity contribution < 1.29 is 4.74 Å². The number of nitriles is 1. The maximum atomic E-state index is 9.35. The van der Waals surface area contributed by atoms with Crippen LogP contribution < -0.4 is 20.3 Å². The number of aromatic nitrogens is 2. The van der Waals surface area contributed by atoms with Gasteiger partial charge in [-0.15, -0.1) is 0 Å². The third-order valence-electron chi connectivity index (χ3n) is 4.95. The minimum Gasteiger partial charge on any atom is -0.464 e. The number of hydrogen-bond donors (Lipinski definition) is 0. The number of allylic oxidation sites excluding steroid dienone is 2. The smallest absolute Gasteiger partial charge is 0.160 e. The lowest BCUT2D eigenvalue weighted by Crippen LogP contribution is -2.39. The fraction of sp³-hybridized carbons (Fsp3) is 0.136. The Kier molecular flexibility index (Phi) is 4.54. The molecule has 8 heteroatoms. The molecule has 1 aromatic carbocycles. The monoisotopic (exact) mass is 395 g/mol. The summed E-state index contributed by atoms with van der Waals surface area (Å²) in [7, 11) is 0. The van der Waals surface area contributed by atoms with Crippen LogP contribution in [0.1, 0.15) is 5.56 Å². The van der Waals surface area contributed by atoms with Gasteiger partial charge < -0.3 is 14.5 Å². The van der Waals surface area contributed by atoms with E-state index in [2.05, 4.69) is 35.8 Å². The van der Waals surface area contributed by atoms with Crippen molar-refractivity contribution in [1.29, 1.82) is 5.26 Å². The highest BCUT2D eigenvalue weighted by molar-refractivity contribution is 6.05. The molecule has 8 nitrogen and oxygen atoms in total. The Morgan fingerprint density at radius 3 is 2.90 bits per heavy atom. The van der Waals surface area contributed by atoms with E-state index in [1.165, 1.54) is 0 Å². The van der Waals surface area contributed by atoms with E-state index in [0.29, 0.717) is 29.0 Å². The van der Waals surface area contributed by atoms with Gasteiger partial charge >= 0.3 is 0 Å². The maximum Gasteiger partial charge on any atom is 0.160 e. The van der Waals surface area contributed by atoms with Gasteiger partial charge in [-0.3, -0.25) is 9.98 Å². The maximum absolute atomic E-state index is 9.35. The number of rotatable bonds is 0. The highest BCUT2D eigenvalue weighted by Crippen LogP contribution is 2.25. The average molecular weight is 395 g/mol. The molecule has 0 unspecified atom stereocenters. The second-order valence-corrected chi connectivity index (χ2v) is 6.81. The lowest BCUT2D eigenvalue weighted by Gasteiger charge is -2.28. The molecule has 30 heavy (non-hydrogen) atoms. The largest absolute Gasteiger partial charge is 0.464 e. The Morgan fingerprint density at radius 1 is 1.07 bits per heavy atom. The molecule has 4 aliphatic heterocycles. The van der Waals surface area contributed by atoms with Crippen LogP contribution in [0.4, 0.5) is 11.5 Å². The van der Waals surface area contributed by atoms with Crippen LogP contribution in [0.25, 0.3) is 5.57 Å². The predicted octanol–water partition coefficient (Wildman–Crippen LogP) is 1.55. The van der Waals surface area contributed by atoms with E-state index < -0.39 is 0 Å². The van der Waals surface area contributed by atoms with Crippen molar-refractivity contribution in [2.75, 3.05) is 24.5 Å². The molecular formula is C22H17N7O. The van der Waals surface area contributed by atoms with Gasteiger partial charge in [0.05, 0.1) is 29.3 Å². The number of hydrogen-bond acceptors (Lipinski definition) is 8. The summed E-state index contributed by atoms with van der Waals surface area (Å²) in [6.45, 7) is 2.08. The van der Waals surface area contributed by atoms with Crippen LogP contribution in [0, 0.1) is 11.3 Å². The molecule has 2 aromatic rings. The zero-order valence-electron chi connectivity index (χ0n) is 16.0. The summed E-state index contributed by atoms with van der Waals surface area (Å²) in [6, 6.07) is 7.38. The van der Waals surface area contributed by atoms with Crippen molar-refractivity contribution in [2.24, 2.45) is 9.98 Å². The van der Waals surface area contributed by atoms with E-state index >= 15 is 0 Å². The summed E-state index contributed by atoms with van der Waals surface area (Å²) in [4.78, 5) is 22.2. The van der Waals surface area contributed by atoms with E-state index in [1.807, 2.05) is 24.7 Å². The third-order valence-corrected chi connectivity index (χ3v) is 4.95. The number of anilines is 1. The van der Waals surface area contributed by atoms with E-state index in [9.17, 15) is 5.26 Å². The molecule has 0 atom stereocenters. The standard InChI is InChI=1S/C22H17N7O/c23-12-16-3-4-18-11-19(16)30-10-2-1-5-28-6-8-29(9-7-28)22-20-17(13-24-18)14-25-21(20)26-15-27-22/h1-6,8,10-11,13,15H,7,9,14H2/b5-1-,10-2-,24-13-. The summed E-state index contributed by atoms with van der Waals surface area (Å²) in [6.07, 6.45) is 14.5. The van der Waals surface area contributed by atoms with Gasteiger partial charge in [0.1, 0.15) is 24.0 Å². The quantitative estimate of drug-likeness (QED) is 0.672. The topological polar surface area (TPSA) is 90.0 Å². The SMILES string of the molecule is N#Cc1ccc2cc1O/C=C\C=C/N1C=CN(CC1)c1ncnc3c1=C(/C=N\2)CN=3. The van der Waals surface area contributed by atoms with Gasteiger partial charge in [-0.25, -0.2) is 9.97 Å². The second kappa shape index (κ2) is 7.64. The predicted molar refractivity (Wildman–Crippen MR) is 112 cm³/mol. The average Bonchev–Trinajstić information content (AvgIpc) is 3.21. The molecule has 5 heterocycles. The van der Waals surface area contributed by atoms with E-state index in [0.717, 1.165) is 29.7 Å². The molecule has 0 aliphatic carbocycles. The second-order valence-electron chi connectivity index (χ2n) is 6.81. The molecule has 0 N–H and O–H groups in total. The summed E-state index contributed by atoms with van der Waals surface area (Å²) in [5, 5.41) is 10.3. The van der Waals surface area contributed by atoms with Crippen molar-refractivity contribution >= 4 is 23.3 Å². The first-order valence-electron chi connectivity index (χ1n) is 9.49. The molecule has 0 saturated carbocycles. The first-order valence-corrected chi connectivity index (χ1v) is 9.49. The van der Waals surface area contributed by atoms with Crippen molar-refractivity contribution in [3.05, 3.63) is 77.8 Å². The van der Waals surface area contributed by atoms with Gasteiger partial charge in [0.2, 0.25) is 0 Å². The van der Waals surface area contributed by atoms with E-state index in [4.69, 9.17) is 4.74 Å². The summed E-state index contributed by atoms with van der Waals surface area (Å²) in [5.74, 6) is 1.29. The number of benzene rings is 1. The van der Waals surface area contributed by atoms with Crippen LogP contribution in [-0.2, 0) is 0 Å². The zero-order chi connectivity index (χ0) is 20.3. The first-order chi connectivity index (χ1) is 14.8. The molecule has 0 fully saturated rings. The van der Waals surface area contributed by atoms with Gasteiger partial charge in [0, 0.05) is 49.5 Å². The highest BCUT2D eigenvalue weighted by atomic mass is 16.5. The molecule has 0 amide bonds. The normalized spacial score (nSPS) is 19.9. The minimum absolute atomic E-state index is 0.447. The number of aliphatic imine (C=N–C) groups is 1. The van der Waals surface area contributed by atoms with E-state index in [-0.39, 0.29) is 0 Å². The molecule has 0 spiro atoms. The van der Waals surface area contributed by atoms with Crippen LogP contribution in [-0.4, -0.2) is 40.7 Å². The van der Waals surface area contributed by atoms with Crippen LogP contribution in [0.3, 0.4) is 0 Å². The first kappa shape index (κ1) is 17.8. The summed E-state index contributed by atoms with van der Waals surface area (Å²) >= 11 is 0. The van der Waals surface area contributed by atoms with Crippen LogP contribution in [0.5, 0.6) is 5.75 Å². The van der Waals surface area contributed by atoms with Gasteiger partial charge in [-0.05, 0) is 24.3 Å². The molecule has 4 bridgehead atoms. The van der Waals surface area contributed by atoms with Gasteiger partial charge in [-0.2, -0.15) is 5.26 Å². The van der Waals surface area contributed by atoms with Crippen molar-refractivity contribution in [1.82, 2.24) is 14.9 Å². The molecule has 0 radical (unpaired) electrons. The Labute approximate surface area is 172 Å². The van der Waals surface area contributed by atoms with Crippen molar-refractivity contribution in [2.45, 2.75) is 0 Å². The van der Waals surface area contributed by atoms with Gasteiger partial charge in [0.15, 0.2) is 5.49 Å². The van der Waals surface area contributed by atoms with Crippen molar-refractivity contribution in [3.8, 4) is 11.8 Å². The minimum atomic E-state index is 0.447. The highest BCUT2D eigenvalue weighted by Gasteiger charge is 2.17. The Balaban J connectivity index is 1.66. The molecule has 6 rings (SSSR count). The number of ether oxygens (including phenoxy) is 1. The summed E-state index contributed by atoms with van der Waals surface area (Å²) in [5.41, 5.74) is 2.77. The Hall–Kier alpha value is -4.25.